The zero-order valence-corrected chi connectivity index (χ0v) is 15.6. The number of allylic oxidation sites excluding steroid dienone is 3. The van der Waals surface area contributed by atoms with Crippen molar-refractivity contribution in [1.29, 1.82) is 0 Å². The topological polar surface area (TPSA) is 69.2 Å². The molecule has 6 nitrogen and oxygen atoms in total. The Kier molecular flexibility index (Phi) is 5.51. The van der Waals surface area contributed by atoms with Crippen molar-refractivity contribution in [2.75, 3.05) is 5.32 Å². The Labute approximate surface area is 170 Å². The molecule has 2 aromatic rings. The summed E-state index contributed by atoms with van der Waals surface area (Å²) in [4.78, 5) is 12.2. The molecule has 2 aliphatic rings. The average Bonchev–Trinajstić information content (AvgIpc) is 2.78. The van der Waals surface area contributed by atoms with Crippen molar-refractivity contribution in [1.82, 2.24) is 15.0 Å². The van der Waals surface area contributed by atoms with Crippen LogP contribution in [0.2, 0.25) is 0 Å². The maximum absolute atomic E-state index is 13.0. The average molecular weight is 414 g/mol. The SMILES string of the molecule is FC(F)(F)c1cncc(-c2nccc(NC(C3=CC=CCC3)C3=COC=CO3)n2)c1. The summed E-state index contributed by atoms with van der Waals surface area (Å²) in [7, 11) is 0. The number of alkyl halides is 3. The zero-order valence-electron chi connectivity index (χ0n) is 15.6. The number of nitrogens with one attached hydrogen (secondary N) is 1. The number of aromatic nitrogens is 3. The number of hydrogen-bond acceptors (Lipinski definition) is 6. The molecule has 0 radical (unpaired) electrons. The second-order valence-corrected chi connectivity index (χ2v) is 6.56. The number of ether oxygens (including phenoxy) is 2. The lowest BCUT2D eigenvalue weighted by Gasteiger charge is -2.25. The summed E-state index contributed by atoms with van der Waals surface area (Å²) in [6.07, 6.45) is 11.1. The normalized spacial score (nSPS) is 16.8. The molecule has 0 saturated carbocycles. The van der Waals surface area contributed by atoms with Crippen LogP contribution in [0.5, 0.6) is 0 Å². The van der Waals surface area contributed by atoms with Crippen LogP contribution in [0.1, 0.15) is 18.4 Å². The van der Waals surface area contributed by atoms with Gasteiger partial charge in [0.15, 0.2) is 11.6 Å². The van der Waals surface area contributed by atoms with Crippen LogP contribution >= 0.6 is 0 Å². The van der Waals surface area contributed by atoms with E-state index in [9.17, 15) is 13.2 Å². The summed E-state index contributed by atoms with van der Waals surface area (Å²) >= 11 is 0. The van der Waals surface area contributed by atoms with Crippen molar-refractivity contribution in [3.8, 4) is 11.4 Å². The summed E-state index contributed by atoms with van der Waals surface area (Å²) in [6, 6.07) is 2.25. The summed E-state index contributed by atoms with van der Waals surface area (Å²) in [5.41, 5.74) is 0.372. The largest absolute Gasteiger partial charge is 0.466 e. The first kappa shape index (κ1) is 19.7. The van der Waals surface area contributed by atoms with Gasteiger partial charge in [-0.2, -0.15) is 13.2 Å². The zero-order chi connectivity index (χ0) is 21.0. The monoisotopic (exact) mass is 414 g/mol. The highest BCUT2D eigenvalue weighted by Gasteiger charge is 2.31. The Morgan fingerprint density at radius 3 is 2.80 bits per heavy atom. The minimum Gasteiger partial charge on any atom is -0.466 e. The fourth-order valence-corrected chi connectivity index (χ4v) is 3.06. The van der Waals surface area contributed by atoms with E-state index >= 15 is 0 Å². The highest BCUT2D eigenvalue weighted by atomic mass is 19.4. The minimum atomic E-state index is -4.50. The van der Waals surface area contributed by atoms with Crippen LogP contribution in [0.4, 0.5) is 19.0 Å². The Balaban J connectivity index is 1.63. The molecular formula is C21H17F3N4O2. The number of nitrogens with zero attached hydrogens (tertiary/aromatic N) is 3. The van der Waals surface area contributed by atoms with Crippen molar-refractivity contribution in [3.05, 3.63) is 84.6 Å². The van der Waals surface area contributed by atoms with E-state index in [-0.39, 0.29) is 17.4 Å². The van der Waals surface area contributed by atoms with Gasteiger partial charge in [0, 0.05) is 24.2 Å². The first-order chi connectivity index (χ1) is 14.5. The molecule has 154 valence electrons. The molecule has 0 aromatic carbocycles. The third-order valence-electron chi connectivity index (χ3n) is 4.50. The molecule has 0 saturated heterocycles. The summed E-state index contributed by atoms with van der Waals surface area (Å²) in [6.45, 7) is 0. The van der Waals surface area contributed by atoms with Crippen molar-refractivity contribution in [2.24, 2.45) is 0 Å². The van der Waals surface area contributed by atoms with E-state index in [1.807, 2.05) is 12.2 Å². The Hall–Kier alpha value is -3.62. The first-order valence-corrected chi connectivity index (χ1v) is 9.16. The van der Waals surface area contributed by atoms with Gasteiger partial charge < -0.3 is 14.8 Å². The molecule has 3 heterocycles. The quantitative estimate of drug-likeness (QED) is 0.745. The van der Waals surface area contributed by atoms with E-state index in [4.69, 9.17) is 9.47 Å². The van der Waals surface area contributed by atoms with E-state index in [0.717, 1.165) is 30.7 Å². The second kappa shape index (κ2) is 8.40. The van der Waals surface area contributed by atoms with Gasteiger partial charge in [-0.15, -0.1) is 0 Å². The van der Waals surface area contributed by atoms with Crippen LogP contribution in [-0.2, 0) is 15.7 Å². The van der Waals surface area contributed by atoms with E-state index < -0.39 is 11.7 Å². The van der Waals surface area contributed by atoms with E-state index in [0.29, 0.717) is 11.6 Å². The van der Waals surface area contributed by atoms with Crippen LogP contribution in [0.3, 0.4) is 0 Å². The highest BCUT2D eigenvalue weighted by Crippen LogP contribution is 2.31. The molecule has 1 aliphatic carbocycles. The van der Waals surface area contributed by atoms with Crippen molar-refractivity contribution in [2.45, 2.75) is 25.1 Å². The van der Waals surface area contributed by atoms with Gasteiger partial charge in [0.1, 0.15) is 30.6 Å². The maximum atomic E-state index is 13.0. The van der Waals surface area contributed by atoms with Gasteiger partial charge in [-0.3, -0.25) is 4.98 Å². The number of halogens is 3. The van der Waals surface area contributed by atoms with Crippen LogP contribution in [0, 0.1) is 0 Å². The first-order valence-electron chi connectivity index (χ1n) is 9.16. The fraction of sp³-hybridized carbons (Fsp3) is 0.190. The van der Waals surface area contributed by atoms with Gasteiger partial charge in [0.05, 0.1) is 5.56 Å². The second-order valence-electron chi connectivity index (χ2n) is 6.56. The van der Waals surface area contributed by atoms with Crippen LogP contribution in [0.25, 0.3) is 11.4 Å². The molecule has 0 amide bonds. The molecule has 1 aliphatic heterocycles. The van der Waals surface area contributed by atoms with Gasteiger partial charge in [-0.1, -0.05) is 18.2 Å². The number of anilines is 1. The molecule has 0 spiro atoms. The van der Waals surface area contributed by atoms with Gasteiger partial charge in [0.25, 0.3) is 0 Å². The highest BCUT2D eigenvalue weighted by molar-refractivity contribution is 5.57. The number of rotatable bonds is 5. The van der Waals surface area contributed by atoms with Crippen LogP contribution in [-0.4, -0.2) is 21.0 Å². The van der Waals surface area contributed by atoms with Crippen molar-refractivity contribution >= 4 is 5.82 Å². The Morgan fingerprint density at radius 2 is 2.07 bits per heavy atom. The molecule has 30 heavy (non-hydrogen) atoms. The Bertz CT molecular complexity index is 1040. The maximum Gasteiger partial charge on any atom is 0.417 e. The van der Waals surface area contributed by atoms with Gasteiger partial charge in [-0.25, -0.2) is 9.97 Å². The van der Waals surface area contributed by atoms with Gasteiger partial charge in [0.2, 0.25) is 0 Å². The van der Waals surface area contributed by atoms with E-state index in [1.165, 1.54) is 31.2 Å². The molecule has 2 aromatic heterocycles. The lowest BCUT2D eigenvalue weighted by Crippen LogP contribution is -2.27. The van der Waals surface area contributed by atoms with E-state index in [2.05, 4.69) is 26.3 Å². The predicted octanol–water partition coefficient (Wildman–Crippen LogP) is 4.97. The standard InChI is InChI=1S/C21H17F3N4O2/c22-21(23,24)16-10-15(11-25-12-16)20-26-7-6-18(28-20)27-19(14-4-2-1-3-5-14)17-13-29-8-9-30-17/h1-2,4,6-13,19H,3,5H2,(H,26,27,28). The number of hydrogen-bond donors (Lipinski definition) is 1. The molecule has 0 bridgehead atoms. The minimum absolute atomic E-state index is 0.129. The predicted molar refractivity (Wildman–Crippen MR) is 104 cm³/mol. The van der Waals surface area contributed by atoms with Gasteiger partial charge in [-0.05, 0) is 30.5 Å². The summed E-state index contributed by atoms with van der Waals surface area (Å²) in [5, 5.41) is 3.27. The summed E-state index contributed by atoms with van der Waals surface area (Å²) < 4.78 is 49.8. The molecule has 1 N–H and O–H groups in total. The molecule has 4 rings (SSSR count). The number of pyridine rings is 1. The summed E-state index contributed by atoms with van der Waals surface area (Å²) in [5.74, 6) is 1.10. The van der Waals surface area contributed by atoms with Crippen molar-refractivity contribution < 1.29 is 22.6 Å². The van der Waals surface area contributed by atoms with E-state index in [1.54, 1.807) is 6.07 Å². The Morgan fingerprint density at radius 1 is 1.17 bits per heavy atom. The third-order valence-corrected chi connectivity index (χ3v) is 4.50. The van der Waals surface area contributed by atoms with Crippen LogP contribution in [0.15, 0.2) is 79.1 Å². The third kappa shape index (κ3) is 4.51. The lowest BCUT2D eigenvalue weighted by molar-refractivity contribution is -0.137. The lowest BCUT2D eigenvalue weighted by atomic mass is 9.96. The molecule has 0 fully saturated rings. The van der Waals surface area contributed by atoms with Crippen molar-refractivity contribution in [3.63, 3.8) is 0 Å². The van der Waals surface area contributed by atoms with Gasteiger partial charge >= 0.3 is 6.18 Å². The molecule has 1 unspecified atom stereocenters. The van der Waals surface area contributed by atoms with Crippen LogP contribution < -0.4 is 5.32 Å². The smallest absolute Gasteiger partial charge is 0.417 e. The molecule has 9 heteroatoms. The molecule has 1 atom stereocenters. The fourth-order valence-electron chi connectivity index (χ4n) is 3.06. The molecular weight excluding hydrogens is 397 g/mol.